The van der Waals surface area contributed by atoms with E-state index in [2.05, 4.69) is 200 Å². The second-order valence-electron chi connectivity index (χ2n) is 15.2. The summed E-state index contributed by atoms with van der Waals surface area (Å²) in [5.41, 5.74) is 18.7. The highest BCUT2D eigenvalue weighted by Crippen LogP contribution is 2.66. The van der Waals surface area contributed by atoms with Crippen LogP contribution in [0.15, 0.2) is 206 Å². The monoisotopic (exact) mass is 754 g/mol. The molecule has 2 aromatic heterocycles. The Labute approximate surface area is 341 Å². The minimum Gasteiger partial charge on any atom is -0.228 e. The highest BCUT2D eigenvalue weighted by Gasteiger charge is 2.53. The molecule has 270 valence electrons. The predicted octanol–water partition coefficient (Wildman–Crippen LogP) is 14.4. The van der Waals surface area contributed by atoms with Crippen LogP contribution in [-0.4, -0.2) is 9.97 Å². The van der Waals surface area contributed by atoms with Crippen molar-refractivity contribution in [3.63, 3.8) is 0 Å². The van der Waals surface area contributed by atoms with E-state index < -0.39 is 5.41 Å². The van der Waals surface area contributed by atoms with E-state index in [-0.39, 0.29) is 0 Å². The van der Waals surface area contributed by atoms with Gasteiger partial charge in [-0.15, -0.1) is 11.3 Å². The number of hydrogen-bond donors (Lipinski definition) is 0. The molecule has 8 aromatic carbocycles. The largest absolute Gasteiger partial charge is 0.228 e. The summed E-state index contributed by atoms with van der Waals surface area (Å²) in [5.74, 6) is 0.704. The fourth-order valence-electron chi connectivity index (χ4n) is 9.65. The maximum Gasteiger partial charge on any atom is 0.160 e. The Kier molecular flexibility index (Phi) is 7.35. The molecule has 0 saturated carbocycles. The Morgan fingerprint density at radius 1 is 0.362 bits per heavy atom. The van der Waals surface area contributed by atoms with Crippen molar-refractivity contribution in [2.45, 2.75) is 5.41 Å². The van der Waals surface area contributed by atoms with Gasteiger partial charge < -0.3 is 0 Å². The number of nitrogens with zero attached hydrogens (tertiary/aromatic N) is 2. The van der Waals surface area contributed by atoms with E-state index in [1.807, 2.05) is 17.4 Å². The number of hydrogen-bond acceptors (Lipinski definition) is 3. The molecular formula is C55H34N2S. The molecule has 1 unspecified atom stereocenters. The zero-order valence-corrected chi connectivity index (χ0v) is 32.2. The third kappa shape index (κ3) is 4.84. The number of benzene rings is 8. The first-order valence-corrected chi connectivity index (χ1v) is 20.6. The van der Waals surface area contributed by atoms with Crippen LogP contribution in [-0.2, 0) is 5.41 Å². The van der Waals surface area contributed by atoms with Gasteiger partial charge in [0, 0.05) is 26.3 Å². The number of rotatable bonds is 5. The minimum atomic E-state index is -0.395. The maximum absolute atomic E-state index is 5.22. The molecule has 0 saturated heterocycles. The smallest absolute Gasteiger partial charge is 0.160 e. The predicted molar refractivity (Wildman–Crippen MR) is 241 cm³/mol. The van der Waals surface area contributed by atoms with Crippen LogP contribution in [0.4, 0.5) is 0 Å². The molecule has 0 aliphatic heterocycles. The second-order valence-corrected chi connectivity index (χ2v) is 16.3. The number of aromatic nitrogens is 2. The van der Waals surface area contributed by atoms with Gasteiger partial charge in [-0.05, 0) is 84.8 Å². The molecule has 0 amide bonds. The van der Waals surface area contributed by atoms with Crippen LogP contribution in [0.3, 0.4) is 0 Å². The molecule has 0 fully saturated rings. The summed E-state index contributed by atoms with van der Waals surface area (Å²) < 4.78 is 1.34. The van der Waals surface area contributed by atoms with Gasteiger partial charge >= 0.3 is 0 Å². The molecule has 1 spiro atoms. The van der Waals surface area contributed by atoms with E-state index >= 15 is 0 Å². The summed E-state index contributed by atoms with van der Waals surface area (Å²) in [4.78, 5) is 11.8. The SMILES string of the molecule is c1ccc(-c2cccc(-c3cc(-c4ccccc4)nc(-c4ccc(-c5cccc6c5-c5ccccc5C65c6ccccc6-c6sc7ccccc7c65)cc4)n3)c2)cc1. The van der Waals surface area contributed by atoms with E-state index in [1.165, 1.54) is 70.6 Å². The Balaban J connectivity index is 1.01. The van der Waals surface area contributed by atoms with Crippen molar-refractivity contribution in [1.29, 1.82) is 0 Å². The average molecular weight is 755 g/mol. The first-order chi connectivity index (χ1) is 28.8. The normalized spacial score (nSPS) is 14.6. The van der Waals surface area contributed by atoms with Gasteiger partial charge in [0.05, 0.1) is 16.8 Å². The van der Waals surface area contributed by atoms with Crippen LogP contribution in [0.25, 0.3) is 87.8 Å². The molecule has 0 radical (unpaired) electrons. The van der Waals surface area contributed by atoms with Gasteiger partial charge in [-0.1, -0.05) is 188 Å². The minimum absolute atomic E-state index is 0.395. The summed E-state index contributed by atoms with van der Waals surface area (Å²) >= 11 is 1.93. The average Bonchev–Trinajstić information content (AvgIpc) is 3.93. The first kappa shape index (κ1) is 33.0. The van der Waals surface area contributed by atoms with E-state index in [1.54, 1.807) is 0 Å². The molecule has 3 heteroatoms. The third-order valence-electron chi connectivity index (χ3n) is 12.1. The summed E-state index contributed by atoms with van der Waals surface area (Å²) in [6.07, 6.45) is 0. The molecule has 2 nitrogen and oxygen atoms in total. The lowest BCUT2D eigenvalue weighted by Crippen LogP contribution is -2.25. The quantitative estimate of drug-likeness (QED) is 0.175. The number of thiophene rings is 1. The summed E-state index contributed by atoms with van der Waals surface area (Å²) in [7, 11) is 0. The van der Waals surface area contributed by atoms with Crippen molar-refractivity contribution in [3.05, 3.63) is 229 Å². The lowest BCUT2D eigenvalue weighted by atomic mass is 9.70. The van der Waals surface area contributed by atoms with Gasteiger partial charge in [-0.3, -0.25) is 0 Å². The van der Waals surface area contributed by atoms with Crippen molar-refractivity contribution < 1.29 is 0 Å². The second kappa shape index (κ2) is 12.9. The van der Waals surface area contributed by atoms with E-state index in [0.29, 0.717) is 5.82 Å². The van der Waals surface area contributed by atoms with Crippen molar-refractivity contribution in [1.82, 2.24) is 9.97 Å². The van der Waals surface area contributed by atoms with E-state index in [4.69, 9.17) is 9.97 Å². The molecular weight excluding hydrogens is 721 g/mol. The van der Waals surface area contributed by atoms with Crippen molar-refractivity contribution >= 4 is 21.4 Å². The molecule has 12 rings (SSSR count). The molecule has 2 aliphatic rings. The van der Waals surface area contributed by atoms with Crippen LogP contribution in [0, 0.1) is 0 Å². The highest BCUT2D eigenvalue weighted by atomic mass is 32.1. The van der Waals surface area contributed by atoms with Crippen molar-refractivity contribution in [2.24, 2.45) is 0 Å². The molecule has 1 atom stereocenters. The lowest BCUT2D eigenvalue weighted by molar-refractivity contribution is 0.803. The van der Waals surface area contributed by atoms with Crippen molar-refractivity contribution in [3.8, 4) is 77.7 Å². The van der Waals surface area contributed by atoms with Gasteiger partial charge in [0.15, 0.2) is 5.82 Å². The van der Waals surface area contributed by atoms with Gasteiger partial charge in [-0.25, -0.2) is 9.97 Å². The molecule has 0 N–H and O–H groups in total. The highest BCUT2D eigenvalue weighted by molar-refractivity contribution is 7.22. The van der Waals surface area contributed by atoms with Gasteiger partial charge in [-0.2, -0.15) is 0 Å². The van der Waals surface area contributed by atoms with Crippen LogP contribution in [0.1, 0.15) is 22.3 Å². The standard InChI is InChI=1S/C55H34N2S/c1-3-15-35(16-4-1)39-19-13-20-40(33-39)49-34-48(37-17-5-2-6-18-37)56-54(57-49)38-31-29-36(30-32-38)41-24-14-27-47-51(41)42-21-7-10-25-45(42)55(47)46-26-11-8-22-43(46)53-52(55)44-23-9-12-28-50(44)58-53/h1-34H. The topological polar surface area (TPSA) is 25.8 Å². The zero-order chi connectivity index (χ0) is 38.2. The van der Waals surface area contributed by atoms with Crippen LogP contribution < -0.4 is 0 Å². The molecule has 2 heterocycles. The Morgan fingerprint density at radius 2 is 0.914 bits per heavy atom. The van der Waals surface area contributed by atoms with Crippen molar-refractivity contribution in [2.75, 3.05) is 0 Å². The number of fused-ring (bicyclic) bond motifs is 12. The molecule has 58 heavy (non-hydrogen) atoms. The Bertz CT molecular complexity index is 3220. The molecule has 0 bridgehead atoms. The molecule has 10 aromatic rings. The summed E-state index contributed by atoms with van der Waals surface area (Å²) in [5, 5.41) is 1.35. The third-order valence-corrected chi connectivity index (χ3v) is 13.3. The molecule has 2 aliphatic carbocycles. The van der Waals surface area contributed by atoms with Gasteiger partial charge in [0.1, 0.15) is 0 Å². The fourth-order valence-corrected chi connectivity index (χ4v) is 10.9. The van der Waals surface area contributed by atoms with Gasteiger partial charge in [0.2, 0.25) is 0 Å². The van der Waals surface area contributed by atoms with E-state index in [0.717, 1.165) is 33.6 Å². The fraction of sp³-hybridized carbons (Fsp3) is 0.0182. The lowest BCUT2D eigenvalue weighted by Gasteiger charge is -2.30. The van der Waals surface area contributed by atoms with Crippen LogP contribution in [0.5, 0.6) is 0 Å². The Hall–Kier alpha value is -7.20. The van der Waals surface area contributed by atoms with Crippen LogP contribution in [0.2, 0.25) is 0 Å². The van der Waals surface area contributed by atoms with Gasteiger partial charge in [0.25, 0.3) is 0 Å². The summed E-state index contributed by atoms with van der Waals surface area (Å²) in [6.45, 7) is 0. The zero-order valence-electron chi connectivity index (χ0n) is 31.4. The maximum atomic E-state index is 5.22. The van der Waals surface area contributed by atoms with E-state index in [9.17, 15) is 0 Å². The Morgan fingerprint density at radius 3 is 1.71 bits per heavy atom. The van der Waals surface area contributed by atoms with Crippen LogP contribution >= 0.6 is 11.3 Å². The first-order valence-electron chi connectivity index (χ1n) is 19.8. The summed E-state index contributed by atoms with van der Waals surface area (Å²) in [6, 6.07) is 74.6.